The average molecular weight is 126 g/mol. The van der Waals surface area contributed by atoms with E-state index in [0.717, 1.165) is 12.2 Å². The van der Waals surface area contributed by atoms with E-state index < -0.39 is 12.0 Å². The van der Waals surface area contributed by atoms with Crippen molar-refractivity contribution in [1.82, 2.24) is 0 Å². The van der Waals surface area contributed by atoms with Gasteiger partial charge in [-0.15, -0.1) is 0 Å². The molecule has 0 aliphatic rings. The van der Waals surface area contributed by atoms with Crippen LogP contribution in [-0.2, 0) is 4.79 Å². The molecule has 1 atom stereocenters. The van der Waals surface area contributed by atoms with Crippen molar-refractivity contribution >= 4 is 5.97 Å². The molecule has 0 aromatic heterocycles. The van der Waals surface area contributed by atoms with Gasteiger partial charge >= 0.3 is 5.97 Å². The average Bonchev–Trinajstić information content (AvgIpc) is 1.82. The maximum atomic E-state index is 9.92. The molecule has 3 N–H and O–H groups in total. The normalized spacial score (nSPS) is 12.9. The summed E-state index contributed by atoms with van der Waals surface area (Å²) in [5.41, 5.74) is 4.97. The van der Waals surface area contributed by atoms with Crippen LogP contribution in [0.4, 0.5) is 0 Å². The van der Waals surface area contributed by atoms with Gasteiger partial charge in [0.2, 0.25) is 0 Å². The molecule has 0 aliphatic heterocycles. The van der Waals surface area contributed by atoms with Crippen LogP contribution in [0.1, 0.15) is 0 Å². The minimum Gasteiger partial charge on any atom is -0.480 e. The summed E-state index contributed by atoms with van der Waals surface area (Å²) >= 11 is 0. The lowest BCUT2D eigenvalue weighted by Crippen LogP contribution is -2.27. The molecule has 0 radical (unpaired) electrons. The highest BCUT2D eigenvalue weighted by molar-refractivity contribution is 5.75. The molecule has 0 bridgehead atoms. The first-order valence-corrected chi connectivity index (χ1v) is 2.23. The van der Waals surface area contributed by atoms with Crippen LogP contribution in [0.2, 0.25) is 0 Å². The molecule has 0 rings (SSSR count). The van der Waals surface area contributed by atoms with Crippen molar-refractivity contribution in [3.8, 4) is 6.07 Å². The fourth-order valence-electron chi connectivity index (χ4n) is 0.229. The van der Waals surface area contributed by atoms with Crippen molar-refractivity contribution in [2.45, 2.75) is 6.04 Å². The zero-order chi connectivity index (χ0) is 7.28. The summed E-state index contributed by atoms with van der Waals surface area (Å²) in [6, 6.07) is 0.564. The number of carbonyl (C=O) groups is 1. The Labute approximate surface area is 52.2 Å². The summed E-state index contributed by atoms with van der Waals surface area (Å²) in [4.78, 5) is 9.92. The lowest BCUT2D eigenvalue weighted by Gasteiger charge is -1.93. The van der Waals surface area contributed by atoms with E-state index in [1.54, 1.807) is 6.07 Å². The predicted octanol–water partition coefficient (Wildman–Crippen LogP) is -0.522. The van der Waals surface area contributed by atoms with Crippen molar-refractivity contribution in [3.63, 3.8) is 0 Å². The summed E-state index contributed by atoms with van der Waals surface area (Å²) in [5.74, 6) is -1.14. The number of aliphatic carboxylic acids is 1. The third-order valence-corrected chi connectivity index (χ3v) is 0.663. The van der Waals surface area contributed by atoms with Crippen LogP contribution in [0.15, 0.2) is 12.2 Å². The lowest BCUT2D eigenvalue weighted by molar-refractivity contribution is -0.137. The Morgan fingerprint density at radius 3 is 2.78 bits per heavy atom. The Bertz CT molecular complexity index is 168. The Kier molecular flexibility index (Phi) is 3.09. The smallest absolute Gasteiger partial charge is 0.324 e. The van der Waals surface area contributed by atoms with Crippen molar-refractivity contribution in [3.05, 3.63) is 12.2 Å². The number of allylic oxidation sites excluding steroid dienone is 1. The lowest BCUT2D eigenvalue weighted by atomic mass is 10.3. The first kappa shape index (κ1) is 7.66. The first-order valence-electron chi connectivity index (χ1n) is 2.23. The summed E-state index contributed by atoms with van der Waals surface area (Å²) in [5, 5.41) is 16.0. The molecule has 4 heteroatoms. The van der Waals surface area contributed by atoms with E-state index in [-0.39, 0.29) is 0 Å². The molecule has 0 unspecified atom stereocenters. The molecule has 0 spiro atoms. The van der Waals surface area contributed by atoms with Crippen molar-refractivity contribution in [2.75, 3.05) is 0 Å². The van der Waals surface area contributed by atoms with Crippen LogP contribution in [0, 0.1) is 11.3 Å². The van der Waals surface area contributed by atoms with Gasteiger partial charge in [-0.3, -0.25) is 4.79 Å². The second-order valence-electron chi connectivity index (χ2n) is 1.35. The van der Waals surface area contributed by atoms with Gasteiger partial charge in [0.25, 0.3) is 0 Å². The number of nitrogens with zero attached hydrogens (tertiary/aromatic N) is 1. The van der Waals surface area contributed by atoms with Crippen LogP contribution >= 0.6 is 0 Å². The molecular formula is C5H6N2O2. The number of carboxylic acid groups (broad SMARTS) is 1. The first-order chi connectivity index (χ1) is 4.18. The molecule has 0 aromatic rings. The van der Waals surface area contributed by atoms with Gasteiger partial charge in [0, 0.05) is 6.08 Å². The van der Waals surface area contributed by atoms with E-state index in [9.17, 15) is 4.79 Å². The van der Waals surface area contributed by atoms with E-state index in [2.05, 4.69) is 0 Å². The van der Waals surface area contributed by atoms with Gasteiger partial charge in [0.15, 0.2) is 0 Å². The number of nitrogens with two attached hydrogens (primary N) is 1. The highest BCUT2D eigenvalue weighted by atomic mass is 16.4. The van der Waals surface area contributed by atoms with Gasteiger partial charge in [-0.1, -0.05) is 0 Å². The molecule has 0 saturated heterocycles. The van der Waals surface area contributed by atoms with Gasteiger partial charge in [-0.2, -0.15) is 5.26 Å². The fourth-order valence-corrected chi connectivity index (χ4v) is 0.229. The second kappa shape index (κ2) is 3.64. The Balaban J connectivity index is 3.80. The van der Waals surface area contributed by atoms with Crippen molar-refractivity contribution < 1.29 is 9.90 Å². The van der Waals surface area contributed by atoms with E-state index >= 15 is 0 Å². The molecule has 0 aromatic carbocycles. The number of hydrogen-bond donors (Lipinski definition) is 2. The molecule has 0 amide bonds. The Hall–Kier alpha value is -1.34. The third kappa shape index (κ3) is 3.26. The van der Waals surface area contributed by atoms with Crippen LogP contribution < -0.4 is 5.73 Å². The Morgan fingerprint density at radius 2 is 2.44 bits per heavy atom. The van der Waals surface area contributed by atoms with E-state index in [4.69, 9.17) is 16.1 Å². The second-order valence-corrected chi connectivity index (χ2v) is 1.35. The largest absolute Gasteiger partial charge is 0.480 e. The van der Waals surface area contributed by atoms with E-state index in [1.807, 2.05) is 0 Å². The Morgan fingerprint density at radius 1 is 1.89 bits per heavy atom. The molecule has 0 saturated carbocycles. The molecule has 0 fully saturated rings. The highest BCUT2D eigenvalue weighted by Crippen LogP contribution is 1.79. The van der Waals surface area contributed by atoms with Crippen molar-refractivity contribution in [2.24, 2.45) is 5.73 Å². The minimum atomic E-state index is -1.14. The quantitative estimate of drug-likeness (QED) is 0.487. The maximum absolute atomic E-state index is 9.92. The fraction of sp³-hybridized carbons (Fsp3) is 0.200. The molecule has 0 aliphatic carbocycles. The van der Waals surface area contributed by atoms with Crippen LogP contribution in [0.5, 0.6) is 0 Å². The molecular weight excluding hydrogens is 120 g/mol. The van der Waals surface area contributed by atoms with E-state index in [1.165, 1.54) is 0 Å². The summed E-state index contributed by atoms with van der Waals surface area (Å²) in [6.07, 6.45) is 2.15. The standard InChI is InChI=1S/C5H6N2O2/c6-3-1-2-4(7)5(8)9/h1-2,4H,7H2,(H,8,9)/b2-1+/t4-/m0/s1. The molecule has 0 heterocycles. The summed E-state index contributed by atoms with van der Waals surface area (Å²) < 4.78 is 0. The SMILES string of the molecule is N#C/C=C/[C@H](N)C(=O)O. The van der Waals surface area contributed by atoms with Crippen molar-refractivity contribution in [1.29, 1.82) is 5.26 Å². The van der Waals surface area contributed by atoms with Gasteiger partial charge < -0.3 is 10.8 Å². The number of carboxylic acids is 1. The molecule has 4 nitrogen and oxygen atoms in total. The van der Waals surface area contributed by atoms with Crippen LogP contribution in [0.25, 0.3) is 0 Å². The van der Waals surface area contributed by atoms with Gasteiger partial charge in [0.05, 0.1) is 6.07 Å². The number of rotatable bonds is 2. The van der Waals surface area contributed by atoms with Gasteiger partial charge in [-0.25, -0.2) is 0 Å². The monoisotopic (exact) mass is 126 g/mol. The predicted molar refractivity (Wildman–Crippen MR) is 30.4 cm³/mol. The summed E-state index contributed by atoms with van der Waals surface area (Å²) in [7, 11) is 0. The zero-order valence-corrected chi connectivity index (χ0v) is 4.61. The topological polar surface area (TPSA) is 87.1 Å². The maximum Gasteiger partial charge on any atom is 0.324 e. The summed E-state index contributed by atoms with van der Waals surface area (Å²) in [6.45, 7) is 0. The third-order valence-electron chi connectivity index (χ3n) is 0.663. The van der Waals surface area contributed by atoms with Crippen LogP contribution in [-0.4, -0.2) is 17.1 Å². The van der Waals surface area contributed by atoms with Gasteiger partial charge in [-0.05, 0) is 6.08 Å². The highest BCUT2D eigenvalue weighted by Gasteiger charge is 2.04. The number of nitriles is 1. The zero-order valence-electron chi connectivity index (χ0n) is 4.61. The number of hydrogen-bond acceptors (Lipinski definition) is 3. The molecule has 9 heavy (non-hydrogen) atoms. The molecule has 48 valence electrons. The minimum absolute atomic E-state index is 1.04. The van der Waals surface area contributed by atoms with Gasteiger partial charge in [0.1, 0.15) is 6.04 Å². The van der Waals surface area contributed by atoms with Crippen LogP contribution in [0.3, 0.4) is 0 Å². The van der Waals surface area contributed by atoms with E-state index in [0.29, 0.717) is 0 Å².